The van der Waals surface area contributed by atoms with Crippen LogP contribution in [-0.2, 0) is 9.78 Å². The van der Waals surface area contributed by atoms with Crippen LogP contribution in [0.2, 0.25) is 0 Å². The van der Waals surface area contributed by atoms with E-state index in [1.807, 2.05) is 37.3 Å². The molecule has 0 saturated heterocycles. The average molecular weight is 182 g/mol. The number of aliphatic hydroxyl groups is 1. The molecule has 1 aromatic carbocycles. The molecular weight excluding hydrogens is 168 g/mol. The van der Waals surface area contributed by atoms with Crippen LogP contribution in [0.4, 0.5) is 0 Å². The van der Waals surface area contributed by atoms with E-state index in [1.165, 1.54) is 0 Å². The SMILES string of the molecule is CCOOCC(O)c1ccccc1. The normalized spacial score (nSPS) is 12.8. The molecular formula is C10H14O3. The van der Waals surface area contributed by atoms with E-state index in [1.54, 1.807) is 0 Å². The van der Waals surface area contributed by atoms with Gasteiger partial charge in [0.1, 0.15) is 12.7 Å². The van der Waals surface area contributed by atoms with E-state index in [-0.39, 0.29) is 6.61 Å². The highest BCUT2D eigenvalue weighted by Crippen LogP contribution is 2.11. The summed E-state index contributed by atoms with van der Waals surface area (Å²) in [5, 5.41) is 9.54. The maximum absolute atomic E-state index is 9.54. The van der Waals surface area contributed by atoms with Gasteiger partial charge in [-0.2, -0.15) is 0 Å². The highest BCUT2D eigenvalue weighted by molar-refractivity contribution is 5.17. The molecule has 0 heterocycles. The Morgan fingerprint density at radius 2 is 1.92 bits per heavy atom. The Morgan fingerprint density at radius 1 is 1.23 bits per heavy atom. The molecule has 1 unspecified atom stereocenters. The third-order valence-corrected chi connectivity index (χ3v) is 1.61. The summed E-state index contributed by atoms with van der Waals surface area (Å²) in [4.78, 5) is 9.41. The van der Waals surface area contributed by atoms with Crippen LogP contribution in [-0.4, -0.2) is 18.3 Å². The van der Waals surface area contributed by atoms with Crippen LogP contribution in [0, 0.1) is 0 Å². The van der Waals surface area contributed by atoms with Gasteiger partial charge in [0.2, 0.25) is 0 Å². The summed E-state index contributed by atoms with van der Waals surface area (Å²) in [6.45, 7) is 2.48. The number of aliphatic hydroxyl groups excluding tert-OH is 1. The van der Waals surface area contributed by atoms with Crippen molar-refractivity contribution in [2.75, 3.05) is 13.2 Å². The van der Waals surface area contributed by atoms with E-state index in [9.17, 15) is 5.11 Å². The molecule has 0 bridgehead atoms. The van der Waals surface area contributed by atoms with Gasteiger partial charge in [-0.05, 0) is 12.5 Å². The average Bonchev–Trinajstić information content (AvgIpc) is 2.19. The second-order valence-electron chi connectivity index (χ2n) is 2.62. The molecule has 0 aromatic heterocycles. The van der Waals surface area contributed by atoms with E-state index in [4.69, 9.17) is 4.89 Å². The van der Waals surface area contributed by atoms with Crippen molar-refractivity contribution in [2.24, 2.45) is 0 Å². The van der Waals surface area contributed by atoms with E-state index in [0.717, 1.165) is 5.56 Å². The molecule has 13 heavy (non-hydrogen) atoms. The number of rotatable bonds is 5. The maximum atomic E-state index is 9.54. The van der Waals surface area contributed by atoms with Gasteiger partial charge >= 0.3 is 0 Å². The smallest absolute Gasteiger partial charge is 0.112 e. The van der Waals surface area contributed by atoms with Gasteiger partial charge in [0.25, 0.3) is 0 Å². The molecule has 0 spiro atoms. The van der Waals surface area contributed by atoms with Crippen LogP contribution in [0.1, 0.15) is 18.6 Å². The number of hydrogen-bond donors (Lipinski definition) is 1. The van der Waals surface area contributed by atoms with Crippen molar-refractivity contribution in [3.63, 3.8) is 0 Å². The van der Waals surface area contributed by atoms with Crippen molar-refractivity contribution in [1.29, 1.82) is 0 Å². The lowest BCUT2D eigenvalue weighted by Crippen LogP contribution is -2.07. The Hall–Kier alpha value is -0.900. The summed E-state index contributed by atoms with van der Waals surface area (Å²) in [7, 11) is 0. The van der Waals surface area contributed by atoms with E-state index in [2.05, 4.69) is 4.89 Å². The van der Waals surface area contributed by atoms with Crippen molar-refractivity contribution in [3.05, 3.63) is 35.9 Å². The number of hydrogen-bond acceptors (Lipinski definition) is 3. The lowest BCUT2D eigenvalue weighted by Gasteiger charge is -2.09. The fourth-order valence-corrected chi connectivity index (χ4v) is 0.967. The molecule has 3 heteroatoms. The summed E-state index contributed by atoms with van der Waals surface area (Å²) in [6, 6.07) is 9.35. The van der Waals surface area contributed by atoms with Crippen LogP contribution < -0.4 is 0 Å². The molecule has 0 aliphatic rings. The van der Waals surface area contributed by atoms with Gasteiger partial charge in [0.05, 0.1) is 6.61 Å². The monoisotopic (exact) mass is 182 g/mol. The van der Waals surface area contributed by atoms with Crippen LogP contribution in [0.15, 0.2) is 30.3 Å². The van der Waals surface area contributed by atoms with Crippen molar-refractivity contribution >= 4 is 0 Å². The Morgan fingerprint density at radius 3 is 2.54 bits per heavy atom. The molecule has 0 aliphatic heterocycles. The largest absolute Gasteiger partial charge is 0.386 e. The summed E-state index contributed by atoms with van der Waals surface area (Å²) in [5.41, 5.74) is 0.835. The third kappa shape index (κ3) is 3.55. The lowest BCUT2D eigenvalue weighted by molar-refractivity contribution is -0.302. The summed E-state index contributed by atoms with van der Waals surface area (Å²) < 4.78 is 0. The fourth-order valence-electron chi connectivity index (χ4n) is 0.967. The molecule has 0 fully saturated rings. The predicted molar refractivity (Wildman–Crippen MR) is 49.0 cm³/mol. The van der Waals surface area contributed by atoms with Gasteiger partial charge in [0.15, 0.2) is 0 Å². The predicted octanol–water partition coefficient (Wildman–Crippen LogP) is 1.69. The molecule has 1 aromatic rings. The van der Waals surface area contributed by atoms with Crippen LogP contribution in [0.25, 0.3) is 0 Å². The minimum atomic E-state index is -0.618. The highest BCUT2D eigenvalue weighted by Gasteiger charge is 2.06. The van der Waals surface area contributed by atoms with Gasteiger partial charge in [-0.3, -0.25) is 0 Å². The van der Waals surface area contributed by atoms with Gasteiger partial charge < -0.3 is 5.11 Å². The van der Waals surface area contributed by atoms with Crippen LogP contribution in [0.5, 0.6) is 0 Å². The molecule has 1 rings (SSSR count). The Labute approximate surface area is 77.8 Å². The number of benzene rings is 1. The Balaban J connectivity index is 2.35. The topological polar surface area (TPSA) is 38.7 Å². The minimum Gasteiger partial charge on any atom is -0.386 e. The standard InChI is InChI=1S/C10H14O3/c1-2-12-13-8-10(11)9-6-4-3-5-7-9/h3-7,10-11H,2,8H2,1H3. The summed E-state index contributed by atoms with van der Waals surface area (Å²) in [5.74, 6) is 0. The van der Waals surface area contributed by atoms with E-state index < -0.39 is 6.10 Å². The van der Waals surface area contributed by atoms with Gasteiger partial charge in [0, 0.05) is 0 Å². The maximum Gasteiger partial charge on any atom is 0.112 e. The first kappa shape index (κ1) is 10.2. The molecule has 72 valence electrons. The molecule has 0 aliphatic carbocycles. The Bertz CT molecular complexity index is 223. The van der Waals surface area contributed by atoms with E-state index in [0.29, 0.717) is 6.61 Å². The molecule has 0 radical (unpaired) electrons. The first-order valence-electron chi connectivity index (χ1n) is 4.32. The first-order chi connectivity index (χ1) is 6.34. The molecule has 0 amide bonds. The van der Waals surface area contributed by atoms with Gasteiger partial charge in [-0.15, -0.1) is 0 Å². The zero-order valence-electron chi connectivity index (χ0n) is 7.64. The zero-order valence-corrected chi connectivity index (χ0v) is 7.64. The quantitative estimate of drug-likeness (QED) is 0.428. The van der Waals surface area contributed by atoms with Gasteiger partial charge in [-0.1, -0.05) is 30.3 Å². The third-order valence-electron chi connectivity index (χ3n) is 1.61. The minimum absolute atomic E-state index is 0.165. The molecule has 0 saturated carbocycles. The van der Waals surface area contributed by atoms with E-state index >= 15 is 0 Å². The van der Waals surface area contributed by atoms with Crippen LogP contribution in [0.3, 0.4) is 0 Å². The highest BCUT2D eigenvalue weighted by atomic mass is 17.2. The first-order valence-corrected chi connectivity index (χ1v) is 4.32. The Kier molecular flexibility index (Phi) is 4.46. The van der Waals surface area contributed by atoms with Crippen LogP contribution >= 0.6 is 0 Å². The van der Waals surface area contributed by atoms with Crippen molar-refractivity contribution in [1.82, 2.24) is 0 Å². The lowest BCUT2D eigenvalue weighted by atomic mass is 10.1. The van der Waals surface area contributed by atoms with Crippen molar-refractivity contribution < 1.29 is 14.9 Å². The second kappa shape index (κ2) is 5.70. The molecule has 1 N–H and O–H groups in total. The summed E-state index contributed by atoms with van der Waals surface area (Å²) >= 11 is 0. The van der Waals surface area contributed by atoms with Crippen molar-refractivity contribution in [2.45, 2.75) is 13.0 Å². The zero-order chi connectivity index (χ0) is 9.52. The second-order valence-corrected chi connectivity index (χ2v) is 2.62. The van der Waals surface area contributed by atoms with Gasteiger partial charge in [-0.25, -0.2) is 9.78 Å². The van der Waals surface area contributed by atoms with Crippen molar-refractivity contribution in [3.8, 4) is 0 Å². The summed E-state index contributed by atoms with van der Waals surface area (Å²) in [6.07, 6.45) is -0.618. The molecule has 1 atom stereocenters. The fraction of sp³-hybridized carbons (Fsp3) is 0.400. The molecule has 3 nitrogen and oxygen atoms in total.